The van der Waals surface area contributed by atoms with Gasteiger partial charge in [0, 0.05) is 22.8 Å². The Labute approximate surface area is 139 Å². The molecule has 0 aromatic heterocycles. The summed E-state index contributed by atoms with van der Waals surface area (Å²) in [7, 11) is -3.45. The van der Waals surface area contributed by atoms with Crippen LogP contribution in [0.1, 0.15) is 25.3 Å². The lowest BCUT2D eigenvalue weighted by Crippen LogP contribution is -2.30. The van der Waals surface area contributed by atoms with Crippen molar-refractivity contribution in [1.82, 2.24) is 10.0 Å². The molecular weight excluding hydrogens is 372 g/mol. The Bertz CT molecular complexity index is 572. The monoisotopic (exact) mass is 392 g/mol. The largest absolute Gasteiger partial charge is 0.313 e. The van der Waals surface area contributed by atoms with E-state index < -0.39 is 10.0 Å². The quantitative estimate of drug-likeness (QED) is 0.748. The molecule has 1 fully saturated rings. The highest BCUT2D eigenvalue weighted by Crippen LogP contribution is 2.27. The molecule has 0 radical (unpaired) electrons. The first-order chi connectivity index (χ1) is 10.0. The molecule has 1 aliphatic heterocycles. The third kappa shape index (κ3) is 4.96. The van der Waals surface area contributed by atoms with E-state index in [2.05, 4.69) is 26.0 Å². The van der Waals surface area contributed by atoms with E-state index >= 15 is 0 Å². The minimum Gasteiger partial charge on any atom is -0.313 e. The van der Waals surface area contributed by atoms with Crippen LogP contribution in [0, 0.1) is 0 Å². The molecule has 1 unspecified atom stereocenters. The van der Waals surface area contributed by atoms with Crippen LogP contribution in [0.2, 0.25) is 0 Å². The molecule has 1 aromatic carbocycles. The first-order valence-corrected chi connectivity index (χ1v) is 10.5. The van der Waals surface area contributed by atoms with Crippen molar-refractivity contribution >= 4 is 37.7 Å². The Hall–Kier alpha value is -0.0800. The highest BCUT2D eigenvalue weighted by molar-refractivity contribution is 9.10. The predicted octanol–water partition coefficient (Wildman–Crippen LogP) is 2.73. The van der Waals surface area contributed by atoms with E-state index in [1.54, 1.807) is 6.07 Å². The summed E-state index contributed by atoms with van der Waals surface area (Å²) in [5.74, 6) is 1.13. The summed E-state index contributed by atoms with van der Waals surface area (Å²) in [6.07, 6.45) is 2.27. The van der Waals surface area contributed by atoms with E-state index in [4.69, 9.17) is 0 Å². The summed E-state index contributed by atoms with van der Waals surface area (Å²) in [6.45, 7) is 4.18. The van der Waals surface area contributed by atoms with Crippen LogP contribution in [-0.4, -0.2) is 32.5 Å². The van der Waals surface area contributed by atoms with Gasteiger partial charge in [-0.05, 0) is 58.8 Å². The second kappa shape index (κ2) is 7.97. The SMILES string of the molecule is CCNCc1ccc(S(=O)(=O)NCC2CCCS2)c(Br)c1. The second-order valence-corrected chi connectivity index (χ2v) is 9.03. The van der Waals surface area contributed by atoms with E-state index in [0.29, 0.717) is 21.2 Å². The molecular formula is C14H21BrN2O2S2. The van der Waals surface area contributed by atoms with Crippen LogP contribution >= 0.6 is 27.7 Å². The fourth-order valence-electron chi connectivity index (χ4n) is 2.23. The summed E-state index contributed by atoms with van der Waals surface area (Å²) in [5.41, 5.74) is 1.06. The molecule has 1 atom stereocenters. The molecule has 1 aromatic rings. The molecule has 0 spiro atoms. The highest BCUT2D eigenvalue weighted by Gasteiger charge is 2.21. The smallest absolute Gasteiger partial charge is 0.241 e. The molecule has 4 nitrogen and oxygen atoms in total. The van der Waals surface area contributed by atoms with E-state index in [9.17, 15) is 8.42 Å². The van der Waals surface area contributed by atoms with Crippen LogP contribution in [0.5, 0.6) is 0 Å². The van der Waals surface area contributed by atoms with Crippen molar-refractivity contribution in [2.45, 2.75) is 36.5 Å². The molecule has 0 amide bonds. The van der Waals surface area contributed by atoms with Gasteiger partial charge in [0.2, 0.25) is 10.0 Å². The third-order valence-electron chi connectivity index (χ3n) is 3.39. The normalized spacial score (nSPS) is 19.0. The maximum atomic E-state index is 12.4. The van der Waals surface area contributed by atoms with Crippen molar-refractivity contribution in [2.75, 3.05) is 18.8 Å². The topological polar surface area (TPSA) is 58.2 Å². The molecule has 21 heavy (non-hydrogen) atoms. The number of hydrogen-bond donors (Lipinski definition) is 2. The lowest BCUT2D eigenvalue weighted by molar-refractivity contribution is 0.578. The standard InChI is InChI=1S/C14H21BrN2O2S2/c1-2-16-9-11-5-6-14(13(15)8-11)21(18,19)17-10-12-4-3-7-20-12/h5-6,8,12,16-17H,2-4,7,9-10H2,1H3. The fraction of sp³-hybridized carbons (Fsp3) is 0.571. The van der Waals surface area contributed by atoms with Crippen LogP contribution in [0.4, 0.5) is 0 Å². The van der Waals surface area contributed by atoms with E-state index in [1.165, 1.54) is 6.42 Å². The summed E-state index contributed by atoms with van der Waals surface area (Å²) >= 11 is 5.22. The van der Waals surface area contributed by atoms with Gasteiger partial charge in [-0.15, -0.1) is 0 Å². The average Bonchev–Trinajstić information content (AvgIpc) is 2.96. The van der Waals surface area contributed by atoms with Crippen molar-refractivity contribution in [2.24, 2.45) is 0 Å². The van der Waals surface area contributed by atoms with E-state index in [1.807, 2.05) is 30.8 Å². The minimum atomic E-state index is -3.45. The summed E-state index contributed by atoms with van der Waals surface area (Å²) < 4.78 is 28.1. The van der Waals surface area contributed by atoms with Gasteiger partial charge in [0.15, 0.2) is 0 Å². The Balaban J connectivity index is 2.04. The number of thioether (sulfide) groups is 1. The maximum Gasteiger partial charge on any atom is 0.241 e. The molecule has 0 aliphatic carbocycles. The third-order valence-corrected chi connectivity index (χ3v) is 7.19. The Morgan fingerprint density at radius 2 is 2.24 bits per heavy atom. The van der Waals surface area contributed by atoms with Gasteiger partial charge in [-0.25, -0.2) is 13.1 Å². The fourth-order valence-corrected chi connectivity index (χ4v) is 5.74. The zero-order valence-corrected chi connectivity index (χ0v) is 15.3. The first kappa shape index (κ1) is 17.3. The van der Waals surface area contributed by atoms with Crippen LogP contribution in [0.25, 0.3) is 0 Å². The van der Waals surface area contributed by atoms with Crippen molar-refractivity contribution < 1.29 is 8.42 Å². The van der Waals surface area contributed by atoms with Crippen molar-refractivity contribution in [1.29, 1.82) is 0 Å². The minimum absolute atomic E-state index is 0.311. The van der Waals surface area contributed by atoms with Gasteiger partial charge in [-0.1, -0.05) is 13.0 Å². The van der Waals surface area contributed by atoms with Crippen LogP contribution < -0.4 is 10.0 Å². The van der Waals surface area contributed by atoms with E-state index in [-0.39, 0.29) is 0 Å². The Morgan fingerprint density at radius 3 is 2.86 bits per heavy atom. The number of sulfonamides is 1. The maximum absolute atomic E-state index is 12.4. The molecule has 1 heterocycles. The van der Waals surface area contributed by atoms with Gasteiger partial charge < -0.3 is 5.32 Å². The van der Waals surface area contributed by atoms with Crippen LogP contribution in [-0.2, 0) is 16.6 Å². The van der Waals surface area contributed by atoms with Crippen LogP contribution in [0.3, 0.4) is 0 Å². The number of nitrogens with one attached hydrogen (secondary N) is 2. The molecule has 1 saturated heterocycles. The Morgan fingerprint density at radius 1 is 1.43 bits per heavy atom. The molecule has 7 heteroatoms. The molecule has 2 N–H and O–H groups in total. The lowest BCUT2D eigenvalue weighted by atomic mass is 10.2. The number of rotatable bonds is 7. The average molecular weight is 393 g/mol. The summed E-state index contributed by atoms with van der Waals surface area (Å²) in [6, 6.07) is 5.38. The zero-order valence-electron chi connectivity index (χ0n) is 12.1. The molecule has 2 rings (SSSR count). The van der Waals surface area contributed by atoms with Gasteiger partial charge in [0.05, 0.1) is 4.90 Å². The summed E-state index contributed by atoms with van der Waals surface area (Å²) in [4.78, 5) is 0.311. The number of hydrogen-bond acceptors (Lipinski definition) is 4. The van der Waals surface area contributed by atoms with E-state index in [0.717, 1.165) is 30.8 Å². The highest BCUT2D eigenvalue weighted by atomic mass is 79.9. The van der Waals surface area contributed by atoms with Crippen LogP contribution in [0.15, 0.2) is 27.6 Å². The van der Waals surface area contributed by atoms with Crippen molar-refractivity contribution in [3.05, 3.63) is 28.2 Å². The number of halogens is 1. The van der Waals surface area contributed by atoms with Gasteiger partial charge in [-0.2, -0.15) is 11.8 Å². The van der Waals surface area contributed by atoms with Crippen molar-refractivity contribution in [3.63, 3.8) is 0 Å². The van der Waals surface area contributed by atoms with Crippen molar-refractivity contribution in [3.8, 4) is 0 Å². The lowest BCUT2D eigenvalue weighted by Gasteiger charge is -2.13. The molecule has 1 aliphatic rings. The first-order valence-electron chi connectivity index (χ1n) is 7.13. The molecule has 0 saturated carbocycles. The predicted molar refractivity (Wildman–Crippen MR) is 92.2 cm³/mol. The zero-order chi connectivity index (χ0) is 15.3. The molecule has 0 bridgehead atoms. The van der Waals surface area contributed by atoms with Gasteiger partial charge in [0.1, 0.15) is 0 Å². The summed E-state index contributed by atoms with van der Waals surface area (Å²) in [5, 5.41) is 3.63. The van der Waals surface area contributed by atoms with Gasteiger partial charge in [0.25, 0.3) is 0 Å². The molecule has 118 valence electrons. The Kier molecular flexibility index (Phi) is 6.55. The second-order valence-electron chi connectivity index (χ2n) is 5.03. The van der Waals surface area contributed by atoms with Gasteiger partial charge in [-0.3, -0.25) is 0 Å². The van der Waals surface area contributed by atoms with Gasteiger partial charge >= 0.3 is 0 Å². The number of benzene rings is 1.